The fraction of sp³-hybridized carbons (Fsp3) is 0.900. The fourth-order valence-electron chi connectivity index (χ4n) is 7.39. The second-order valence-corrected chi connectivity index (χ2v) is 20.0. The molecule has 0 aliphatic carbocycles. The molecule has 0 aliphatic heterocycles. The number of nitrogens with one attached hydrogen (secondary N) is 1. The zero-order valence-electron chi connectivity index (χ0n) is 39.8. The maximum Gasteiger partial charge on any atom is 0.472 e. The number of phosphoric ester groups is 1. The number of hydrogen-bond acceptors (Lipinski definition) is 5. The van der Waals surface area contributed by atoms with E-state index in [-0.39, 0.29) is 19.1 Å². The molecule has 8 nitrogen and oxygen atoms in total. The Labute approximate surface area is 366 Å². The first kappa shape index (κ1) is 58.0. The number of quaternary nitrogens is 1. The Morgan fingerprint density at radius 3 is 1.31 bits per heavy atom. The minimum atomic E-state index is -4.34. The van der Waals surface area contributed by atoms with E-state index < -0.39 is 20.0 Å². The van der Waals surface area contributed by atoms with Crippen molar-refractivity contribution < 1.29 is 32.9 Å². The predicted molar refractivity (Wildman–Crippen MR) is 254 cm³/mol. The summed E-state index contributed by atoms with van der Waals surface area (Å²) >= 11 is 0. The van der Waals surface area contributed by atoms with E-state index in [1.165, 1.54) is 180 Å². The molecule has 0 spiro atoms. The molecule has 0 saturated heterocycles. The number of aliphatic hydroxyl groups is 1. The Morgan fingerprint density at radius 1 is 0.559 bits per heavy atom. The lowest BCUT2D eigenvalue weighted by Gasteiger charge is -2.25. The van der Waals surface area contributed by atoms with Gasteiger partial charge in [0.05, 0.1) is 39.9 Å². The van der Waals surface area contributed by atoms with Crippen molar-refractivity contribution in [3.8, 4) is 0 Å². The molecule has 3 N–H and O–H groups in total. The molecule has 0 saturated carbocycles. The summed E-state index contributed by atoms with van der Waals surface area (Å²) in [5.74, 6) is -0.179. The lowest BCUT2D eigenvalue weighted by Crippen LogP contribution is -2.45. The van der Waals surface area contributed by atoms with Crippen molar-refractivity contribution in [2.75, 3.05) is 40.9 Å². The first-order chi connectivity index (χ1) is 28.5. The molecule has 0 aromatic heterocycles. The van der Waals surface area contributed by atoms with Crippen LogP contribution in [0.5, 0.6) is 0 Å². The Bertz CT molecular complexity index is 1020. The van der Waals surface area contributed by atoms with Crippen LogP contribution >= 0.6 is 7.82 Å². The molecule has 3 unspecified atom stereocenters. The highest BCUT2D eigenvalue weighted by Crippen LogP contribution is 2.43. The number of carbonyl (C=O) groups excluding carboxylic acids is 1. The summed E-state index contributed by atoms with van der Waals surface area (Å²) in [6, 6.07) is -0.845. The SMILES string of the molecule is CCCCCCCCCCCCC/C=C/C(O)C(COP(=O)(O)OCC[N+](C)(C)C)NC(=O)CCCCCCCCCC/C=C\CCCCCCCCCCCCCC. The van der Waals surface area contributed by atoms with Gasteiger partial charge in [0.15, 0.2) is 0 Å². The Balaban J connectivity index is 4.22. The molecule has 59 heavy (non-hydrogen) atoms. The molecular weight excluding hydrogens is 756 g/mol. The lowest BCUT2D eigenvalue weighted by atomic mass is 10.0. The van der Waals surface area contributed by atoms with Crippen LogP contribution in [0.3, 0.4) is 0 Å². The quantitative estimate of drug-likeness (QED) is 0.0244. The number of carbonyl (C=O) groups is 1. The van der Waals surface area contributed by atoms with Crippen molar-refractivity contribution in [3.05, 3.63) is 24.3 Å². The van der Waals surface area contributed by atoms with E-state index in [1.54, 1.807) is 6.08 Å². The summed E-state index contributed by atoms with van der Waals surface area (Å²) in [6.07, 6.45) is 51.1. The molecular formula is C50H100N2O6P+. The van der Waals surface area contributed by atoms with Crippen molar-refractivity contribution in [2.24, 2.45) is 0 Å². The summed E-state index contributed by atoms with van der Waals surface area (Å²) < 4.78 is 23.6. The molecule has 3 atom stereocenters. The van der Waals surface area contributed by atoms with E-state index in [9.17, 15) is 19.4 Å². The molecule has 0 heterocycles. The van der Waals surface area contributed by atoms with E-state index in [2.05, 4.69) is 31.3 Å². The number of nitrogens with zero attached hydrogens (tertiary/aromatic N) is 1. The van der Waals surface area contributed by atoms with E-state index in [4.69, 9.17) is 9.05 Å². The van der Waals surface area contributed by atoms with Gasteiger partial charge in [0, 0.05) is 6.42 Å². The third-order valence-corrected chi connectivity index (χ3v) is 12.4. The minimum absolute atomic E-state index is 0.0621. The number of likely N-dealkylation sites (N-methyl/N-ethyl adjacent to an activating group) is 1. The van der Waals surface area contributed by atoms with Gasteiger partial charge in [-0.25, -0.2) is 4.57 Å². The van der Waals surface area contributed by atoms with E-state index >= 15 is 0 Å². The van der Waals surface area contributed by atoms with Gasteiger partial charge < -0.3 is 19.8 Å². The number of hydrogen-bond donors (Lipinski definition) is 3. The highest BCUT2D eigenvalue weighted by molar-refractivity contribution is 7.47. The topological polar surface area (TPSA) is 105 Å². The molecule has 350 valence electrons. The van der Waals surface area contributed by atoms with Crippen LogP contribution < -0.4 is 5.32 Å². The van der Waals surface area contributed by atoms with Crippen LogP contribution in [0.25, 0.3) is 0 Å². The van der Waals surface area contributed by atoms with Crippen molar-refractivity contribution >= 4 is 13.7 Å². The Morgan fingerprint density at radius 2 is 0.915 bits per heavy atom. The van der Waals surface area contributed by atoms with Gasteiger partial charge in [-0.15, -0.1) is 0 Å². The van der Waals surface area contributed by atoms with E-state index in [1.807, 2.05) is 27.2 Å². The number of aliphatic hydroxyl groups excluding tert-OH is 1. The summed E-state index contributed by atoms with van der Waals surface area (Å²) in [5.41, 5.74) is 0. The maximum atomic E-state index is 12.9. The lowest BCUT2D eigenvalue weighted by molar-refractivity contribution is -0.870. The normalized spacial score (nSPS) is 14.4. The number of rotatable bonds is 46. The zero-order chi connectivity index (χ0) is 43.6. The Hall–Kier alpha value is -1.02. The molecule has 0 aromatic carbocycles. The molecule has 9 heteroatoms. The zero-order valence-corrected chi connectivity index (χ0v) is 40.7. The number of amides is 1. The van der Waals surface area contributed by atoms with Crippen LogP contribution in [0.2, 0.25) is 0 Å². The summed E-state index contributed by atoms with van der Waals surface area (Å²) in [4.78, 5) is 23.2. The van der Waals surface area contributed by atoms with Gasteiger partial charge in [-0.1, -0.05) is 212 Å². The van der Waals surface area contributed by atoms with Gasteiger partial charge in [0.2, 0.25) is 5.91 Å². The van der Waals surface area contributed by atoms with Gasteiger partial charge in [0.1, 0.15) is 13.2 Å². The van der Waals surface area contributed by atoms with Crippen LogP contribution in [-0.4, -0.2) is 73.4 Å². The third-order valence-electron chi connectivity index (χ3n) is 11.4. The average Bonchev–Trinajstić information content (AvgIpc) is 3.19. The van der Waals surface area contributed by atoms with Crippen LogP contribution in [0, 0.1) is 0 Å². The van der Waals surface area contributed by atoms with Crippen LogP contribution in [0.1, 0.15) is 239 Å². The Kier molecular flexibility index (Phi) is 41.6. The van der Waals surface area contributed by atoms with Gasteiger partial charge >= 0.3 is 7.82 Å². The smallest absolute Gasteiger partial charge is 0.387 e. The largest absolute Gasteiger partial charge is 0.472 e. The number of unbranched alkanes of at least 4 members (excludes halogenated alkanes) is 31. The molecule has 0 fully saturated rings. The highest BCUT2D eigenvalue weighted by Gasteiger charge is 2.27. The standard InChI is InChI=1S/C50H99N2O6P/c1-6-8-10-12-14-16-18-20-21-22-23-24-25-26-27-28-29-30-32-34-36-38-40-42-44-50(54)51-48(47-58-59(55,56)57-46-45-52(3,4)5)49(53)43-41-39-37-35-33-31-19-17-15-13-11-9-7-2/h26-27,41,43,48-49,53H,6-25,28-40,42,44-47H2,1-5H3,(H-,51,54,55,56)/p+1/b27-26-,43-41+. The third kappa shape index (κ3) is 44.8. The fourth-order valence-corrected chi connectivity index (χ4v) is 8.13. The molecule has 0 radical (unpaired) electrons. The van der Waals surface area contributed by atoms with Gasteiger partial charge in [0.25, 0.3) is 0 Å². The maximum absolute atomic E-state index is 12.9. The number of allylic oxidation sites excluding steroid dienone is 3. The van der Waals surface area contributed by atoms with Gasteiger partial charge in [-0.3, -0.25) is 13.8 Å². The molecule has 1 amide bonds. The highest BCUT2D eigenvalue weighted by atomic mass is 31.2. The van der Waals surface area contributed by atoms with Crippen LogP contribution in [0.15, 0.2) is 24.3 Å². The van der Waals surface area contributed by atoms with Crippen molar-refractivity contribution in [2.45, 2.75) is 251 Å². The first-order valence-electron chi connectivity index (χ1n) is 25.2. The van der Waals surface area contributed by atoms with Crippen molar-refractivity contribution in [1.82, 2.24) is 5.32 Å². The minimum Gasteiger partial charge on any atom is -0.387 e. The van der Waals surface area contributed by atoms with Crippen molar-refractivity contribution in [3.63, 3.8) is 0 Å². The van der Waals surface area contributed by atoms with Gasteiger partial charge in [-0.05, 0) is 44.9 Å². The van der Waals surface area contributed by atoms with E-state index in [0.29, 0.717) is 17.4 Å². The molecule has 0 bridgehead atoms. The van der Waals surface area contributed by atoms with Crippen LogP contribution in [0.4, 0.5) is 0 Å². The molecule has 0 rings (SSSR count). The van der Waals surface area contributed by atoms with Crippen LogP contribution in [-0.2, 0) is 18.4 Å². The van der Waals surface area contributed by atoms with E-state index in [0.717, 1.165) is 38.5 Å². The summed E-state index contributed by atoms with van der Waals surface area (Å²) in [7, 11) is 1.58. The first-order valence-corrected chi connectivity index (χ1v) is 26.7. The average molecular weight is 856 g/mol. The monoisotopic (exact) mass is 856 g/mol. The second kappa shape index (κ2) is 42.3. The predicted octanol–water partition coefficient (Wildman–Crippen LogP) is 14.5. The molecule has 0 aliphatic rings. The van der Waals surface area contributed by atoms with Crippen molar-refractivity contribution in [1.29, 1.82) is 0 Å². The molecule has 0 aromatic rings. The summed E-state index contributed by atoms with van der Waals surface area (Å²) in [6.45, 7) is 4.83. The number of phosphoric acid groups is 1. The summed E-state index contributed by atoms with van der Waals surface area (Å²) in [5, 5.41) is 13.8. The van der Waals surface area contributed by atoms with Gasteiger partial charge in [-0.2, -0.15) is 0 Å². The second-order valence-electron chi connectivity index (χ2n) is 18.5.